The average Bonchev–Trinajstić information content (AvgIpc) is 2.66. The molecule has 0 aromatic heterocycles. The van der Waals surface area contributed by atoms with Crippen molar-refractivity contribution >= 4 is 11.7 Å². The summed E-state index contributed by atoms with van der Waals surface area (Å²) in [6, 6.07) is 3.46. The molecule has 1 amide bonds. The van der Waals surface area contributed by atoms with Gasteiger partial charge in [-0.3, -0.25) is 9.59 Å². The number of ketones is 1. The second-order valence-corrected chi connectivity index (χ2v) is 7.26. The molecule has 0 atom stereocenters. The Morgan fingerprint density at radius 1 is 0.962 bits per heavy atom. The molecule has 1 aromatic rings. The largest absolute Gasteiger partial charge is 0.343 e. The van der Waals surface area contributed by atoms with Crippen molar-refractivity contribution in [1.29, 1.82) is 0 Å². The van der Waals surface area contributed by atoms with Crippen LogP contribution in [0.3, 0.4) is 0 Å². The van der Waals surface area contributed by atoms with Crippen LogP contribution in [0.1, 0.15) is 55.3 Å². The second kappa shape index (κ2) is 8.71. The average molecular weight is 364 g/mol. The van der Waals surface area contributed by atoms with Crippen molar-refractivity contribution in [3.63, 3.8) is 0 Å². The SMILES string of the molecule is O=C(CCC(=O)N1CCC(N2CCCCC2)CC1)c1ccc(F)cc1F. The third-order valence-corrected chi connectivity index (χ3v) is 5.52. The summed E-state index contributed by atoms with van der Waals surface area (Å²) in [7, 11) is 0. The maximum Gasteiger partial charge on any atom is 0.223 e. The number of nitrogens with zero attached hydrogens (tertiary/aromatic N) is 2. The monoisotopic (exact) mass is 364 g/mol. The predicted octanol–water partition coefficient (Wildman–Crippen LogP) is 3.40. The molecule has 4 nitrogen and oxygen atoms in total. The minimum atomic E-state index is -0.871. The Hall–Kier alpha value is -1.82. The minimum absolute atomic E-state index is 0.0482. The number of amides is 1. The Morgan fingerprint density at radius 2 is 1.65 bits per heavy atom. The minimum Gasteiger partial charge on any atom is -0.343 e. The van der Waals surface area contributed by atoms with Crippen LogP contribution in [0.15, 0.2) is 18.2 Å². The highest BCUT2D eigenvalue weighted by Crippen LogP contribution is 2.21. The van der Waals surface area contributed by atoms with Crippen molar-refractivity contribution in [3.8, 4) is 0 Å². The van der Waals surface area contributed by atoms with E-state index in [1.165, 1.54) is 19.3 Å². The molecule has 142 valence electrons. The van der Waals surface area contributed by atoms with E-state index in [1.54, 1.807) is 0 Å². The Bertz CT molecular complexity index is 651. The lowest BCUT2D eigenvalue weighted by Crippen LogP contribution is -2.48. The molecule has 2 fully saturated rings. The molecule has 0 saturated carbocycles. The van der Waals surface area contributed by atoms with Gasteiger partial charge in [0.05, 0.1) is 5.56 Å². The molecule has 1 aromatic carbocycles. The van der Waals surface area contributed by atoms with Gasteiger partial charge in [0.25, 0.3) is 0 Å². The molecular formula is C20H26F2N2O2. The van der Waals surface area contributed by atoms with Crippen LogP contribution in [0.25, 0.3) is 0 Å². The lowest BCUT2D eigenvalue weighted by Gasteiger charge is -2.40. The van der Waals surface area contributed by atoms with Crippen LogP contribution in [-0.4, -0.2) is 53.7 Å². The summed E-state index contributed by atoms with van der Waals surface area (Å²) in [6.07, 6.45) is 5.83. The zero-order chi connectivity index (χ0) is 18.5. The number of piperidine rings is 2. The van der Waals surface area contributed by atoms with E-state index in [9.17, 15) is 18.4 Å². The van der Waals surface area contributed by atoms with E-state index in [1.807, 2.05) is 4.90 Å². The fraction of sp³-hybridized carbons (Fsp3) is 0.600. The van der Waals surface area contributed by atoms with Gasteiger partial charge >= 0.3 is 0 Å². The fourth-order valence-corrected chi connectivity index (χ4v) is 3.99. The van der Waals surface area contributed by atoms with Crippen molar-refractivity contribution < 1.29 is 18.4 Å². The molecule has 6 heteroatoms. The summed E-state index contributed by atoms with van der Waals surface area (Å²) in [5, 5.41) is 0. The zero-order valence-electron chi connectivity index (χ0n) is 15.1. The van der Waals surface area contributed by atoms with E-state index in [0.29, 0.717) is 12.1 Å². The molecule has 26 heavy (non-hydrogen) atoms. The van der Waals surface area contributed by atoms with E-state index < -0.39 is 17.4 Å². The van der Waals surface area contributed by atoms with Gasteiger partial charge < -0.3 is 9.80 Å². The predicted molar refractivity (Wildman–Crippen MR) is 94.9 cm³/mol. The summed E-state index contributed by atoms with van der Waals surface area (Å²) >= 11 is 0. The van der Waals surface area contributed by atoms with E-state index in [-0.39, 0.29) is 24.3 Å². The first-order chi connectivity index (χ1) is 12.5. The molecule has 3 rings (SSSR count). The molecular weight excluding hydrogens is 338 g/mol. The Morgan fingerprint density at radius 3 is 2.31 bits per heavy atom. The molecule has 2 aliphatic rings. The van der Waals surface area contributed by atoms with Gasteiger partial charge in [-0.1, -0.05) is 6.42 Å². The summed E-state index contributed by atoms with van der Waals surface area (Å²) in [5.41, 5.74) is -0.150. The number of benzene rings is 1. The van der Waals surface area contributed by atoms with Crippen LogP contribution in [0.2, 0.25) is 0 Å². The highest BCUT2D eigenvalue weighted by atomic mass is 19.1. The first kappa shape index (κ1) is 19.0. The van der Waals surface area contributed by atoms with Gasteiger partial charge in [0.1, 0.15) is 11.6 Å². The van der Waals surface area contributed by atoms with Gasteiger partial charge in [0.2, 0.25) is 5.91 Å². The van der Waals surface area contributed by atoms with Gasteiger partial charge in [-0.2, -0.15) is 0 Å². The number of rotatable bonds is 5. The van der Waals surface area contributed by atoms with Crippen molar-refractivity contribution in [2.45, 2.75) is 51.0 Å². The van der Waals surface area contributed by atoms with Gasteiger partial charge in [0, 0.05) is 38.0 Å². The van der Waals surface area contributed by atoms with E-state index in [2.05, 4.69) is 4.90 Å². The van der Waals surface area contributed by atoms with Crippen molar-refractivity contribution in [1.82, 2.24) is 9.80 Å². The van der Waals surface area contributed by atoms with Gasteiger partial charge in [-0.05, 0) is 50.9 Å². The molecule has 0 N–H and O–H groups in total. The molecule has 0 spiro atoms. The molecule has 0 radical (unpaired) electrons. The number of Topliss-reactive ketones (excluding diaryl/α,β-unsaturated/α-hetero) is 1. The number of hydrogen-bond donors (Lipinski definition) is 0. The lowest BCUT2D eigenvalue weighted by atomic mass is 9.99. The zero-order valence-corrected chi connectivity index (χ0v) is 15.1. The number of halogens is 2. The summed E-state index contributed by atoms with van der Waals surface area (Å²) in [4.78, 5) is 28.8. The van der Waals surface area contributed by atoms with Crippen LogP contribution < -0.4 is 0 Å². The quantitative estimate of drug-likeness (QED) is 0.752. The molecule has 2 heterocycles. The van der Waals surface area contributed by atoms with Crippen LogP contribution in [0.4, 0.5) is 8.78 Å². The van der Waals surface area contributed by atoms with Crippen LogP contribution in [0, 0.1) is 11.6 Å². The number of carbonyl (C=O) groups is 2. The van der Waals surface area contributed by atoms with E-state index in [0.717, 1.165) is 51.2 Å². The summed E-state index contributed by atoms with van der Waals surface area (Å²) in [6.45, 7) is 3.77. The second-order valence-electron chi connectivity index (χ2n) is 7.26. The summed E-state index contributed by atoms with van der Waals surface area (Å²) in [5.74, 6) is -2.10. The van der Waals surface area contributed by atoms with Crippen LogP contribution in [-0.2, 0) is 4.79 Å². The topological polar surface area (TPSA) is 40.6 Å². The third kappa shape index (κ3) is 4.67. The third-order valence-electron chi connectivity index (χ3n) is 5.52. The Balaban J connectivity index is 1.44. The molecule has 0 bridgehead atoms. The number of hydrogen-bond acceptors (Lipinski definition) is 3. The van der Waals surface area contributed by atoms with Gasteiger partial charge in [0.15, 0.2) is 5.78 Å². The highest BCUT2D eigenvalue weighted by Gasteiger charge is 2.27. The maximum atomic E-state index is 13.6. The molecule has 2 aliphatic heterocycles. The maximum absolute atomic E-state index is 13.6. The van der Waals surface area contributed by atoms with E-state index in [4.69, 9.17) is 0 Å². The van der Waals surface area contributed by atoms with Crippen LogP contribution >= 0.6 is 0 Å². The first-order valence-corrected chi connectivity index (χ1v) is 9.54. The number of carbonyl (C=O) groups excluding carboxylic acids is 2. The van der Waals surface area contributed by atoms with Gasteiger partial charge in [-0.15, -0.1) is 0 Å². The Labute approximate surface area is 153 Å². The van der Waals surface area contributed by atoms with Crippen LogP contribution in [0.5, 0.6) is 0 Å². The number of likely N-dealkylation sites (tertiary alicyclic amines) is 2. The van der Waals surface area contributed by atoms with Gasteiger partial charge in [-0.25, -0.2) is 8.78 Å². The standard InChI is InChI=1S/C20H26F2N2O2/c21-15-4-5-17(18(22)14-15)19(25)6-7-20(26)24-12-8-16(9-13-24)23-10-2-1-3-11-23/h4-5,14,16H,1-3,6-13H2. The molecule has 0 unspecified atom stereocenters. The summed E-state index contributed by atoms with van der Waals surface area (Å²) < 4.78 is 26.6. The Kier molecular flexibility index (Phi) is 6.35. The molecule has 2 saturated heterocycles. The van der Waals surface area contributed by atoms with Crippen molar-refractivity contribution in [2.75, 3.05) is 26.2 Å². The normalized spacial score (nSPS) is 19.5. The molecule has 0 aliphatic carbocycles. The highest BCUT2D eigenvalue weighted by molar-refractivity contribution is 5.98. The lowest BCUT2D eigenvalue weighted by molar-refractivity contribution is -0.132. The first-order valence-electron chi connectivity index (χ1n) is 9.54. The van der Waals surface area contributed by atoms with Crippen molar-refractivity contribution in [3.05, 3.63) is 35.4 Å². The van der Waals surface area contributed by atoms with Crippen molar-refractivity contribution in [2.24, 2.45) is 0 Å². The fourth-order valence-electron chi connectivity index (χ4n) is 3.99. The smallest absolute Gasteiger partial charge is 0.223 e. The van der Waals surface area contributed by atoms with E-state index >= 15 is 0 Å².